The van der Waals surface area contributed by atoms with Gasteiger partial charge in [-0.05, 0) is 29.5 Å². The summed E-state index contributed by atoms with van der Waals surface area (Å²) in [6.45, 7) is 9.30. The van der Waals surface area contributed by atoms with Crippen LogP contribution < -0.4 is 16.0 Å². The minimum absolute atomic E-state index is 0.0328. The van der Waals surface area contributed by atoms with Gasteiger partial charge in [0.15, 0.2) is 11.7 Å². The summed E-state index contributed by atoms with van der Waals surface area (Å²) in [6.07, 6.45) is 0.513. The Morgan fingerprint density at radius 2 is 1.89 bits per heavy atom. The fourth-order valence-corrected chi connectivity index (χ4v) is 2.60. The third kappa shape index (κ3) is 7.06. The summed E-state index contributed by atoms with van der Waals surface area (Å²) in [6, 6.07) is 9.74. The molecule has 2 rings (SSSR count). The fourth-order valence-electron chi connectivity index (χ4n) is 2.60. The minimum Gasteiger partial charge on any atom is -0.359 e. The highest BCUT2D eigenvalue weighted by Gasteiger charge is 2.09. The smallest absolute Gasteiger partial charge is 0.224 e. The summed E-state index contributed by atoms with van der Waals surface area (Å²) in [7, 11) is 1.72. The van der Waals surface area contributed by atoms with Gasteiger partial charge in [-0.15, -0.1) is 0 Å². The number of amides is 1. The van der Waals surface area contributed by atoms with E-state index in [1.54, 1.807) is 7.05 Å². The Kier molecular flexibility index (Phi) is 8.04. The van der Waals surface area contributed by atoms with Gasteiger partial charge in [0, 0.05) is 31.8 Å². The van der Waals surface area contributed by atoms with E-state index in [0.717, 1.165) is 22.7 Å². The van der Waals surface area contributed by atoms with Crippen LogP contribution in [0.2, 0.25) is 0 Å². The minimum atomic E-state index is 0.0328. The van der Waals surface area contributed by atoms with Crippen LogP contribution in [-0.2, 0) is 17.9 Å². The second-order valence-corrected chi connectivity index (χ2v) is 7.50. The highest BCUT2D eigenvalue weighted by Crippen LogP contribution is 2.14. The molecule has 0 bridgehead atoms. The summed E-state index contributed by atoms with van der Waals surface area (Å²) < 4.78 is 5.33. The highest BCUT2D eigenvalue weighted by atomic mass is 16.5. The Balaban J connectivity index is 1.85. The van der Waals surface area contributed by atoms with Gasteiger partial charge in [0.1, 0.15) is 0 Å². The van der Waals surface area contributed by atoms with E-state index < -0.39 is 0 Å². The molecule has 1 aromatic carbocycles. The molecule has 7 heteroatoms. The molecule has 0 atom stereocenters. The molecule has 0 fully saturated rings. The number of aliphatic imine (C=N–C) groups is 1. The SMILES string of the molecule is CN=C(NCc1cccc(NC(=O)CC(C)C)c1)NCc1cc(C(C)C)no1. The Bertz CT molecular complexity index is 796. The van der Waals surface area contributed by atoms with Gasteiger partial charge < -0.3 is 20.5 Å². The first-order valence-corrected chi connectivity index (χ1v) is 9.66. The van der Waals surface area contributed by atoms with Crippen LogP contribution in [0, 0.1) is 5.92 Å². The number of hydrogen-bond acceptors (Lipinski definition) is 4. The van der Waals surface area contributed by atoms with E-state index in [0.29, 0.717) is 37.3 Å². The van der Waals surface area contributed by atoms with Crippen LogP contribution in [0.5, 0.6) is 0 Å². The van der Waals surface area contributed by atoms with Crippen LogP contribution in [-0.4, -0.2) is 24.1 Å². The molecule has 0 spiro atoms. The maximum absolute atomic E-state index is 11.9. The molecule has 7 nitrogen and oxygen atoms in total. The molecule has 0 unspecified atom stereocenters. The molecule has 0 saturated heterocycles. The van der Waals surface area contributed by atoms with E-state index in [4.69, 9.17) is 4.52 Å². The van der Waals surface area contributed by atoms with Gasteiger partial charge in [-0.2, -0.15) is 0 Å². The van der Waals surface area contributed by atoms with Crippen molar-refractivity contribution in [3.63, 3.8) is 0 Å². The monoisotopic (exact) mass is 385 g/mol. The van der Waals surface area contributed by atoms with Crippen LogP contribution in [0.25, 0.3) is 0 Å². The lowest BCUT2D eigenvalue weighted by Gasteiger charge is -2.12. The first-order valence-electron chi connectivity index (χ1n) is 9.66. The summed E-state index contributed by atoms with van der Waals surface area (Å²) >= 11 is 0. The van der Waals surface area contributed by atoms with Crippen molar-refractivity contribution in [2.45, 2.75) is 53.1 Å². The number of nitrogens with one attached hydrogen (secondary N) is 3. The first-order chi connectivity index (χ1) is 13.4. The average Bonchev–Trinajstić information content (AvgIpc) is 3.11. The van der Waals surface area contributed by atoms with Crippen molar-refractivity contribution < 1.29 is 9.32 Å². The second kappa shape index (κ2) is 10.5. The van der Waals surface area contributed by atoms with E-state index >= 15 is 0 Å². The Morgan fingerprint density at radius 3 is 2.54 bits per heavy atom. The molecule has 0 aliphatic carbocycles. The van der Waals surface area contributed by atoms with Gasteiger partial charge in [0.2, 0.25) is 5.91 Å². The number of aromatic nitrogens is 1. The van der Waals surface area contributed by atoms with Gasteiger partial charge in [-0.25, -0.2) is 0 Å². The van der Waals surface area contributed by atoms with Gasteiger partial charge >= 0.3 is 0 Å². The Labute approximate surface area is 167 Å². The zero-order chi connectivity index (χ0) is 20.5. The van der Waals surface area contributed by atoms with Crippen LogP contribution in [0.1, 0.15) is 57.1 Å². The number of hydrogen-bond donors (Lipinski definition) is 3. The van der Waals surface area contributed by atoms with Crippen molar-refractivity contribution in [1.82, 2.24) is 15.8 Å². The van der Waals surface area contributed by atoms with Crippen LogP contribution in [0.15, 0.2) is 39.8 Å². The topological polar surface area (TPSA) is 91.5 Å². The Morgan fingerprint density at radius 1 is 1.14 bits per heavy atom. The van der Waals surface area contributed by atoms with Crippen molar-refractivity contribution in [2.75, 3.05) is 12.4 Å². The molecular formula is C21H31N5O2. The van der Waals surface area contributed by atoms with E-state index in [1.165, 1.54) is 0 Å². The van der Waals surface area contributed by atoms with E-state index in [9.17, 15) is 4.79 Å². The predicted molar refractivity (Wildman–Crippen MR) is 112 cm³/mol. The van der Waals surface area contributed by atoms with Crippen molar-refractivity contribution in [3.05, 3.63) is 47.3 Å². The molecule has 0 saturated carbocycles. The molecule has 2 aromatic rings. The summed E-state index contributed by atoms with van der Waals surface area (Å²) in [4.78, 5) is 16.2. The molecular weight excluding hydrogens is 354 g/mol. The van der Waals surface area contributed by atoms with E-state index in [2.05, 4.69) is 39.9 Å². The molecule has 1 amide bonds. The summed E-state index contributed by atoms with van der Waals surface area (Å²) in [5, 5.41) is 13.5. The molecule has 0 aliphatic heterocycles. The number of carbonyl (C=O) groups excluding carboxylic acids is 1. The number of guanidine groups is 1. The highest BCUT2D eigenvalue weighted by molar-refractivity contribution is 5.90. The lowest BCUT2D eigenvalue weighted by Crippen LogP contribution is -2.36. The van der Waals surface area contributed by atoms with Crippen molar-refractivity contribution >= 4 is 17.6 Å². The summed E-state index contributed by atoms with van der Waals surface area (Å²) in [5.74, 6) is 2.13. The quantitative estimate of drug-likeness (QED) is 0.477. The summed E-state index contributed by atoms with van der Waals surface area (Å²) in [5.41, 5.74) is 2.79. The van der Waals surface area contributed by atoms with E-state index in [-0.39, 0.29) is 5.91 Å². The second-order valence-electron chi connectivity index (χ2n) is 7.50. The van der Waals surface area contributed by atoms with Gasteiger partial charge in [-0.3, -0.25) is 9.79 Å². The zero-order valence-corrected chi connectivity index (χ0v) is 17.4. The number of nitrogens with zero attached hydrogens (tertiary/aromatic N) is 2. The average molecular weight is 386 g/mol. The lowest BCUT2D eigenvalue weighted by molar-refractivity contribution is -0.116. The molecule has 1 aromatic heterocycles. The van der Waals surface area contributed by atoms with Crippen LogP contribution in [0.4, 0.5) is 5.69 Å². The van der Waals surface area contributed by atoms with Crippen molar-refractivity contribution in [3.8, 4) is 0 Å². The molecule has 3 N–H and O–H groups in total. The maximum atomic E-state index is 11.9. The number of carbonyl (C=O) groups is 1. The molecule has 28 heavy (non-hydrogen) atoms. The molecule has 0 aliphatic rings. The molecule has 152 valence electrons. The fraction of sp³-hybridized carbons (Fsp3) is 0.476. The maximum Gasteiger partial charge on any atom is 0.224 e. The predicted octanol–water partition coefficient (Wildman–Crippen LogP) is 3.65. The van der Waals surface area contributed by atoms with Crippen molar-refractivity contribution in [1.29, 1.82) is 0 Å². The largest absolute Gasteiger partial charge is 0.359 e. The third-order valence-corrected chi connectivity index (χ3v) is 4.09. The third-order valence-electron chi connectivity index (χ3n) is 4.09. The van der Waals surface area contributed by atoms with Crippen LogP contribution in [0.3, 0.4) is 0 Å². The number of anilines is 1. The lowest BCUT2D eigenvalue weighted by atomic mass is 10.1. The van der Waals surface area contributed by atoms with Crippen molar-refractivity contribution in [2.24, 2.45) is 10.9 Å². The van der Waals surface area contributed by atoms with E-state index in [1.807, 2.05) is 44.2 Å². The number of benzene rings is 1. The Hall–Kier alpha value is -2.83. The first kappa shape index (κ1) is 21.5. The van der Waals surface area contributed by atoms with Gasteiger partial charge in [0.25, 0.3) is 0 Å². The van der Waals surface area contributed by atoms with Gasteiger partial charge in [-0.1, -0.05) is 45.0 Å². The molecule has 0 radical (unpaired) electrons. The van der Waals surface area contributed by atoms with Gasteiger partial charge in [0.05, 0.1) is 12.2 Å². The standard InChI is InChI=1S/C21H31N5O2/c1-14(2)9-20(27)25-17-8-6-7-16(10-17)12-23-21(22-5)24-13-18-11-19(15(3)4)26-28-18/h6-8,10-11,14-15H,9,12-13H2,1-5H3,(H,25,27)(H2,22,23,24). The van der Waals surface area contributed by atoms with Crippen LogP contribution >= 0.6 is 0 Å². The number of rotatable bonds is 8. The zero-order valence-electron chi connectivity index (χ0n) is 17.4. The molecule has 1 heterocycles. The normalized spacial score (nSPS) is 11.8.